The molecule has 0 fully saturated rings. The molecule has 0 spiro atoms. The van der Waals surface area contributed by atoms with Gasteiger partial charge in [-0.25, -0.2) is 0 Å². The van der Waals surface area contributed by atoms with E-state index in [9.17, 15) is 14.4 Å². The van der Waals surface area contributed by atoms with Crippen LogP contribution >= 0.6 is 11.8 Å². The second-order valence-corrected chi connectivity index (χ2v) is 9.17. The van der Waals surface area contributed by atoms with E-state index in [4.69, 9.17) is 0 Å². The summed E-state index contributed by atoms with van der Waals surface area (Å²) in [5, 5.41) is 10.8. The molecule has 1 unspecified atom stereocenters. The summed E-state index contributed by atoms with van der Waals surface area (Å²) in [7, 11) is 0. The SMILES string of the molecule is CC(Sc1cccc(NC(=O)Cc2ccccc2)c1)C(=O)NC1=NN(c2ccccc2)C(=O)C1. The first-order chi connectivity index (χ1) is 16.5. The number of benzene rings is 3. The Kier molecular flexibility index (Phi) is 7.39. The van der Waals surface area contributed by atoms with E-state index >= 15 is 0 Å². The van der Waals surface area contributed by atoms with Crippen LogP contribution < -0.4 is 15.6 Å². The zero-order valence-corrected chi connectivity index (χ0v) is 19.4. The van der Waals surface area contributed by atoms with E-state index < -0.39 is 5.25 Å². The topological polar surface area (TPSA) is 90.9 Å². The lowest BCUT2D eigenvalue weighted by Crippen LogP contribution is -2.35. The number of nitrogens with one attached hydrogen (secondary N) is 2. The van der Waals surface area contributed by atoms with Crippen molar-refractivity contribution in [1.29, 1.82) is 0 Å². The molecule has 0 saturated heterocycles. The van der Waals surface area contributed by atoms with Gasteiger partial charge in [0.05, 0.1) is 23.8 Å². The number of hydrogen-bond donors (Lipinski definition) is 2. The van der Waals surface area contributed by atoms with Crippen LogP contribution in [0.5, 0.6) is 0 Å². The summed E-state index contributed by atoms with van der Waals surface area (Å²) >= 11 is 1.36. The zero-order valence-electron chi connectivity index (χ0n) is 18.6. The molecule has 0 aliphatic carbocycles. The minimum atomic E-state index is -0.432. The van der Waals surface area contributed by atoms with Gasteiger partial charge in [-0.15, -0.1) is 11.8 Å². The highest BCUT2D eigenvalue weighted by molar-refractivity contribution is 8.00. The fraction of sp³-hybridized carbons (Fsp3) is 0.154. The van der Waals surface area contributed by atoms with Crippen molar-refractivity contribution < 1.29 is 14.4 Å². The second kappa shape index (κ2) is 10.8. The van der Waals surface area contributed by atoms with Gasteiger partial charge in [0, 0.05) is 10.6 Å². The van der Waals surface area contributed by atoms with Crippen LogP contribution in [0.2, 0.25) is 0 Å². The Morgan fingerprint density at radius 2 is 1.68 bits per heavy atom. The van der Waals surface area contributed by atoms with Gasteiger partial charge in [-0.1, -0.05) is 54.6 Å². The molecule has 0 bridgehead atoms. The van der Waals surface area contributed by atoms with Crippen LogP contribution in [0.1, 0.15) is 18.9 Å². The highest BCUT2D eigenvalue weighted by atomic mass is 32.2. The summed E-state index contributed by atoms with van der Waals surface area (Å²) in [5.41, 5.74) is 2.27. The van der Waals surface area contributed by atoms with Crippen LogP contribution in [0, 0.1) is 0 Å². The van der Waals surface area contributed by atoms with Crippen LogP contribution in [-0.2, 0) is 20.8 Å². The van der Waals surface area contributed by atoms with Crippen LogP contribution in [0.3, 0.4) is 0 Å². The molecule has 172 valence electrons. The van der Waals surface area contributed by atoms with Crippen LogP contribution in [-0.4, -0.2) is 28.8 Å². The first-order valence-corrected chi connectivity index (χ1v) is 11.7. The van der Waals surface area contributed by atoms with E-state index in [1.54, 1.807) is 19.1 Å². The molecule has 0 saturated carbocycles. The number of amidine groups is 1. The normalized spacial score (nSPS) is 13.9. The molecule has 1 heterocycles. The summed E-state index contributed by atoms with van der Waals surface area (Å²) in [6, 6.07) is 26.0. The highest BCUT2D eigenvalue weighted by Crippen LogP contribution is 2.26. The third-order valence-electron chi connectivity index (χ3n) is 5.05. The molecule has 7 nitrogen and oxygen atoms in total. The maximum Gasteiger partial charge on any atom is 0.255 e. The minimum Gasteiger partial charge on any atom is -0.326 e. The number of hydrogen-bond acceptors (Lipinski definition) is 5. The van der Waals surface area contributed by atoms with Crippen molar-refractivity contribution in [2.75, 3.05) is 10.3 Å². The number of anilines is 2. The highest BCUT2D eigenvalue weighted by Gasteiger charge is 2.27. The Balaban J connectivity index is 1.33. The molecule has 1 atom stereocenters. The van der Waals surface area contributed by atoms with Gasteiger partial charge in [-0.3, -0.25) is 14.4 Å². The number of nitrogens with zero attached hydrogens (tertiary/aromatic N) is 2. The second-order valence-electron chi connectivity index (χ2n) is 7.75. The summed E-state index contributed by atoms with van der Waals surface area (Å²) < 4.78 is 0. The lowest BCUT2D eigenvalue weighted by molar-refractivity contribution is -0.119. The van der Waals surface area contributed by atoms with Crippen molar-refractivity contribution in [3.8, 4) is 0 Å². The number of thioether (sulfide) groups is 1. The van der Waals surface area contributed by atoms with Gasteiger partial charge in [0.1, 0.15) is 5.84 Å². The predicted molar refractivity (Wildman–Crippen MR) is 135 cm³/mol. The first kappa shape index (κ1) is 23.3. The van der Waals surface area contributed by atoms with Gasteiger partial charge in [0.15, 0.2) is 0 Å². The van der Waals surface area contributed by atoms with Gasteiger partial charge in [0.25, 0.3) is 5.91 Å². The summed E-state index contributed by atoms with van der Waals surface area (Å²) in [6.07, 6.45) is 0.332. The van der Waals surface area contributed by atoms with E-state index in [1.165, 1.54) is 16.8 Å². The largest absolute Gasteiger partial charge is 0.326 e. The molecule has 0 aromatic heterocycles. The van der Waals surface area contributed by atoms with E-state index in [2.05, 4.69) is 15.7 Å². The Morgan fingerprint density at radius 1 is 0.971 bits per heavy atom. The summed E-state index contributed by atoms with van der Waals surface area (Å²) in [6.45, 7) is 1.78. The molecular weight excluding hydrogens is 448 g/mol. The number of hydrazone groups is 1. The van der Waals surface area contributed by atoms with Crippen LogP contribution in [0.4, 0.5) is 11.4 Å². The van der Waals surface area contributed by atoms with E-state index in [-0.39, 0.29) is 30.6 Å². The van der Waals surface area contributed by atoms with Gasteiger partial charge in [-0.05, 0) is 42.8 Å². The summed E-state index contributed by atoms with van der Waals surface area (Å²) in [5.74, 6) is -0.218. The van der Waals surface area contributed by atoms with Crippen molar-refractivity contribution in [2.24, 2.45) is 5.10 Å². The Labute approximate surface area is 202 Å². The number of carbonyl (C=O) groups excluding carboxylic acids is 3. The van der Waals surface area contributed by atoms with Crippen LogP contribution in [0.25, 0.3) is 0 Å². The zero-order chi connectivity index (χ0) is 23.9. The lowest BCUT2D eigenvalue weighted by Gasteiger charge is -2.13. The summed E-state index contributed by atoms with van der Waals surface area (Å²) in [4.78, 5) is 38.2. The molecule has 34 heavy (non-hydrogen) atoms. The Bertz CT molecular complexity index is 1210. The standard InChI is InChI=1S/C26H24N4O3S/c1-18(26(33)28-23-17-25(32)30(29-23)21-12-6-3-7-13-21)34-22-14-8-11-20(16-22)27-24(31)15-19-9-4-2-5-10-19/h2-14,16,18H,15,17H2,1H3,(H,27,31)(H,28,29,33). The quantitative estimate of drug-likeness (QED) is 0.504. The maximum absolute atomic E-state index is 12.7. The van der Waals surface area contributed by atoms with Gasteiger partial charge in [-0.2, -0.15) is 10.1 Å². The van der Waals surface area contributed by atoms with E-state index in [0.29, 0.717) is 17.2 Å². The number of carbonyl (C=O) groups is 3. The first-order valence-electron chi connectivity index (χ1n) is 10.8. The van der Waals surface area contributed by atoms with Gasteiger partial charge < -0.3 is 10.6 Å². The maximum atomic E-state index is 12.7. The minimum absolute atomic E-state index is 0.0426. The predicted octanol–water partition coefficient (Wildman–Crippen LogP) is 4.22. The Hall–Kier alpha value is -3.91. The van der Waals surface area contributed by atoms with Crippen molar-refractivity contribution in [3.05, 3.63) is 90.5 Å². The molecular formula is C26H24N4O3S. The van der Waals surface area contributed by atoms with Crippen molar-refractivity contribution >= 4 is 46.7 Å². The molecule has 1 aliphatic rings. The van der Waals surface area contributed by atoms with Crippen molar-refractivity contribution in [3.63, 3.8) is 0 Å². The third kappa shape index (κ3) is 6.11. The molecule has 0 radical (unpaired) electrons. The molecule has 4 rings (SSSR count). The molecule has 8 heteroatoms. The van der Waals surface area contributed by atoms with E-state index in [1.807, 2.05) is 72.8 Å². The third-order valence-corrected chi connectivity index (χ3v) is 6.14. The van der Waals surface area contributed by atoms with Gasteiger partial charge >= 0.3 is 0 Å². The number of rotatable bonds is 7. The van der Waals surface area contributed by atoms with Crippen molar-refractivity contribution in [1.82, 2.24) is 5.32 Å². The van der Waals surface area contributed by atoms with Crippen molar-refractivity contribution in [2.45, 2.75) is 29.9 Å². The fourth-order valence-electron chi connectivity index (χ4n) is 3.41. The van der Waals surface area contributed by atoms with Gasteiger partial charge in [0.2, 0.25) is 11.8 Å². The van der Waals surface area contributed by atoms with Crippen LogP contribution in [0.15, 0.2) is 94.9 Å². The molecule has 1 aliphatic heterocycles. The fourth-order valence-corrected chi connectivity index (χ4v) is 4.33. The smallest absolute Gasteiger partial charge is 0.255 e. The lowest BCUT2D eigenvalue weighted by atomic mass is 10.1. The molecule has 3 aromatic rings. The number of amides is 3. The Morgan fingerprint density at radius 3 is 2.41 bits per heavy atom. The monoisotopic (exact) mass is 472 g/mol. The molecule has 3 aromatic carbocycles. The molecule has 3 amide bonds. The molecule has 2 N–H and O–H groups in total. The van der Waals surface area contributed by atoms with E-state index in [0.717, 1.165) is 10.5 Å². The number of para-hydroxylation sites is 1. The average Bonchev–Trinajstić information content (AvgIpc) is 3.20. The average molecular weight is 473 g/mol.